The van der Waals surface area contributed by atoms with Crippen molar-refractivity contribution in [3.05, 3.63) is 23.8 Å². The molecule has 3 rings (SSSR count). The summed E-state index contributed by atoms with van der Waals surface area (Å²) in [5.41, 5.74) is 2.63. The van der Waals surface area contributed by atoms with E-state index in [9.17, 15) is 0 Å². The molecule has 0 aromatic heterocycles. The summed E-state index contributed by atoms with van der Waals surface area (Å²) < 4.78 is 6.23. The quantitative estimate of drug-likeness (QED) is 0.887. The number of anilines is 1. The molecule has 1 fully saturated rings. The average Bonchev–Trinajstić information content (AvgIpc) is 2.88. The number of piperidine rings is 1. The monoisotopic (exact) mass is 246 g/mol. The molecule has 1 unspecified atom stereocenters. The molecule has 2 aliphatic heterocycles. The standard InChI is InChI=1S/C15H22N2O/c1-2-17-10-4-6-13(11-17)18-14-7-3-5-12-8-9-16-15(12)14/h3,5,7,13,16H,2,4,6,8-11H2,1H3. The summed E-state index contributed by atoms with van der Waals surface area (Å²) in [4.78, 5) is 2.48. The third-order valence-corrected chi connectivity index (χ3v) is 4.01. The van der Waals surface area contributed by atoms with E-state index < -0.39 is 0 Å². The fourth-order valence-electron chi connectivity index (χ4n) is 2.98. The largest absolute Gasteiger partial charge is 0.487 e. The van der Waals surface area contributed by atoms with Gasteiger partial charge in [-0.25, -0.2) is 0 Å². The van der Waals surface area contributed by atoms with Crippen LogP contribution in [0.25, 0.3) is 0 Å². The van der Waals surface area contributed by atoms with Crippen LogP contribution in [0.1, 0.15) is 25.3 Å². The number of ether oxygens (including phenoxy) is 1. The maximum atomic E-state index is 6.23. The number of likely N-dealkylation sites (tertiary alicyclic amines) is 1. The predicted octanol–water partition coefficient (Wildman–Crippen LogP) is 2.52. The van der Waals surface area contributed by atoms with Crippen molar-refractivity contribution in [1.29, 1.82) is 0 Å². The minimum absolute atomic E-state index is 0.354. The van der Waals surface area contributed by atoms with Crippen molar-refractivity contribution in [3.8, 4) is 5.75 Å². The molecule has 1 N–H and O–H groups in total. The SMILES string of the molecule is CCN1CCCC(Oc2cccc3c2NCC3)C1. The van der Waals surface area contributed by atoms with Gasteiger partial charge in [-0.15, -0.1) is 0 Å². The Kier molecular flexibility index (Phi) is 3.41. The number of nitrogens with zero attached hydrogens (tertiary/aromatic N) is 1. The lowest BCUT2D eigenvalue weighted by molar-refractivity contribution is 0.0925. The highest BCUT2D eigenvalue weighted by molar-refractivity contribution is 5.65. The molecule has 0 bridgehead atoms. The second-order valence-electron chi connectivity index (χ2n) is 5.24. The van der Waals surface area contributed by atoms with Crippen molar-refractivity contribution in [2.24, 2.45) is 0 Å². The zero-order valence-corrected chi connectivity index (χ0v) is 11.1. The van der Waals surface area contributed by atoms with Gasteiger partial charge < -0.3 is 10.1 Å². The van der Waals surface area contributed by atoms with Crippen molar-refractivity contribution in [3.63, 3.8) is 0 Å². The minimum Gasteiger partial charge on any atom is -0.487 e. The third kappa shape index (κ3) is 2.32. The van der Waals surface area contributed by atoms with Crippen LogP contribution in [0.3, 0.4) is 0 Å². The minimum atomic E-state index is 0.354. The smallest absolute Gasteiger partial charge is 0.143 e. The number of fused-ring (bicyclic) bond motifs is 1. The van der Waals surface area contributed by atoms with E-state index in [1.807, 2.05) is 0 Å². The van der Waals surface area contributed by atoms with E-state index in [4.69, 9.17) is 4.74 Å². The van der Waals surface area contributed by atoms with Gasteiger partial charge in [0.2, 0.25) is 0 Å². The van der Waals surface area contributed by atoms with Crippen LogP contribution in [0.15, 0.2) is 18.2 Å². The Morgan fingerprint density at radius 3 is 3.28 bits per heavy atom. The molecule has 0 aliphatic carbocycles. The molecule has 1 aromatic carbocycles. The Labute approximate surface area is 109 Å². The van der Waals surface area contributed by atoms with Crippen molar-refractivity contribution in [1.82, 2.24) is 4.90 Å². The molecule has 2 aliphatic rings. The zero-order valence-electron chi connectivity index (χ0n) is 11.1. The molecular formula is C15H22N2O. The van der Waals surface area contributed by atoms with Crippen molar-refractivity contribution in [2.45, 2.75) is 32.3 Å². The first-order valence-electron chi connectivity index (χ1n) is 7.11. The Morgan fingerprint density at radius 1 is 1.44 bits per heavy atom. The molecule has 0 radical (unpaired) electrons. The van der Waals surface area contributed by atoms with Gasteiger partial charge in [0.1, 0.15) is 11.9 Å². The third-order valence-electron chi connectivity index (χ3n) is 4.01. The van der Waals surface area contributed by atoms with Gasteiger partial charge in [-0.05, 0) is 44.0 Å². The second-order valence-corrected chi connectivity index (χ2v) is 5.24. The number of benzene rings is 1. The van der Waals surface area contributed by atoms with Crippen LogP contribution >= 0.6 is 0 Å². The molecule has 0 amide bonds. The van der Waals surface area contributed by atoms with Gasteiger partial charge in [-0.2, -0.15) is 0 Å². The molecule has 2 heterocycles. The summed E-state index contributed by atoms with van der Waals surface area (Å²) in [7, 11) is 0. The first-order valence-corrected chi connectivity index (χ1v) is 7.11. The van der Waals surface area contributed by atoms with E-state index in [-0.39, 0.29) is 0 Å². The lowest BCUT2D eigenvalue weighted by Gasteiger charge is -2.32. The molecular weight excluding hydrogens is 224 g/mol. The fraction of sp³-hybridized carbons (Fsp3) is 0.600. The fourth-order valence-corrected chi connectivity index (χ4v) is 2.98. The number of rotatable bonds is 3. The molecule has 18 heavy (non-hydrogen) atoms. The summed E-state index contributed by atoms with van der Waals surface area (Å²) in [6, 6.07) is 6.41. The van der Waals surface area contributed by atoms with Gasteiger partial charge in [0.15, 0.2) is 0 Å². The van der Waals surface area contributed by atoms with E-state index in [0.717, 1.165) is 31.8 Å². The highest BCUT2D eigenvalue weighted by atomic mass is 16.5. The number of likely N-dealkylation sites (N-methyl/N-ethyl adjacent to an activating group) is 1. The van der Waals surface area contributed by atoms with E-state index in [0.29, 0.717) is 6.10 Å². The lowest BCUT2D eigenvalue weighted by Crippen LogP contribution is -2.40. The van der Waals surface area contributed by atoms with E-state index in [1.54, 1.807) is 0 Å². The first-order chi connectivity index (χ1) is 8.86. The zero-order chi connectivity index (χ0) is 12.4. The number of hydrogen-bond donors (Lipinski definition) is 1. The second kappa shape index (κ2) is 5.19. The summed E-state index contributed by atoms with van der Waals surface area (Å²) in [6.45, 7) is 6.69. The summed E-state index contributed by atoms with van der Waals surface area (Å²) >= 11 is 0. The maximum Gasteiger partial charge on any atom is 0.143 e. The maximum absolute atomic E-state index is 6.23. The normalized spacial score (nSPS) is 23.5. The number of para-hydroxylation sites is 1. The average molecular weight is 246 g/mol. The molecule has 3 heteroatoms. The van der Waals surface area contributed by atoms with Gasteiger partial charge in [0.25, 0.3) is 0 Å². The summed E-state index contributed by atoms with van der Waals surface area (Å²) in [5, 5.41) is 3.44. The van der Waals surface area contributed by atoms with Gasteiger partial charge in [0, 0.05) is 13.1 Å². The molecule has 0 spiro atoms. The highest BCUT2D eigenvalue weighted by Crippen LogP contribution is 2.33. The predicted molar refractivity (Wildman–Crippen MR) is 74.4 cm³/mol. The van der Waals surface area contributed by atoms with Gasteiger partial charge in [0.05, 0.1) is 5.69 Å². The topological polar surface area (TPSA) is 24.5 Å². The number of hydrogen-bond acceptors (Lipinski definition) is 3. The van der Waals surface area contributed by atoms with Crippen LogP contribution in [-0.2, 0) is 6.42 Å². The van der Waals surface area contributed by atoms with Crippen LogP contribution in [-0.4, -0.2) is 37.2 Å². The Morgan fingerprint density at radius 2 is 2.39 bits per heavy atom. The number of nitrogens with one attached hydrogen (secondary N) is 1. The van der Waals surface area contributed by atoms with Crippen molar-refractivity contribution >= 4 is 5.69 Å². The van der Waals surface area contributed by atoms with E-state index in [1.165, 1.54) is 30.6 Å². The van der Waals surface area contributed by atoms with Crippen LogP contribution in [0.4, 0.5) is 5.69 Å². The van der Waals surface area contributed by atoms with Crippen LogP contribution < -0.4 is 10.1 Å². The van der Waals surface area contributed by atoms with Gasteiger partial charge in [-0.3, -0.25) is 4.90 Å². The van der Waals surface area contributed by atoms with Crippen molar-refractivity contribution in [2.75, 3.05) is 31.5 Å². The van der Waals surface area contributed by atoms with Crippen LogP contribution in [0.2, 0.25) is 0 Å². The van der Waals surface area contributed by atoms with E-state index in [2.05, 4.69) is 35.3 Å². The Balaban J connectivity index is 1.71. The molecule has 1 saturated heterocycles. The molecule has 0 saturated carbocycles. The van der Waals surface area contributed by atoms with Crippen molar-refractivity contribution < 1.29 is 4.74 Å². The Bertz CT molecular complexity index is 419. The van der Waals surface area contributed by atoms with E-state index >= 15 is 0 Å². The highest BCUT2D eigenvalue weighted by Gasteiger charge is 2.22. The van der Waals surface area contributed by atoms with Gasteiger partial charge in [-0.1, -0.05) is 19.1 Å². The van der Waals surface area contributed by atoms with Gasteiger partial charge >= 0.3 is 0 Å². The van der Waals surface area contributed by atoms with Crippen LogP contribution in [0, 0.1) is 0 Å². The Hall–Kier alpha value is -1.22. The molecule has 3 nitrogen and oxygen atoms in total. The van der Waals surface area contributed by atoms with Crippen LogP contribution in [0.5, 0.6) is 5.75 Å². The molecule has 98 valence electrons. The lowest BCUT2D eigenvalue weighted by atomic mass is 10.1. The summed E-state index contributed by atoms with van der Waals surface area (Å²) in [6.07, 6.45) is 3.91. The summed E-state index contributed by atoms with van der Waals surface area (Å²) in [5.74, 6) is 1.05. The molecule has 1 atom stereocenters. The first kappa shape index (κ1) is 11.8. The molecule has 1 aromatic rings.